The van der Waals surface area contributed by atoms with Crippen LogP contribution in [0.4, 0.5) is 4.39 Å². The third-order valence-corrected chi connectivity index (χ3v) is 2.17. The molecular formula is C10H9FN2O2. The number of halogens is 1. The lowest BCUT2D eigenvalue weighted by molar-refractivity contribution is -0.136. The maximum atomic E-state index is 12.8. The highest BCUT2D eigenvalue weighted by Crippen LogP contribution is 2.18. The lowest BCUT2D eigenvalue weighted by Crippen LogP contribution is -2.07. The van der Waals surface area contributed by atoms with Gasteiger partial charge in [-0.3, -0.25) is 9.36 Å². The molecule has 5 heteroatoms. The Morgan fingerprint density at radius 1 is 1.67 bits per heavy atom. The van der Waals surface area contributed by atoms with Gasteiger partial charge in [-0.1, -0.05) is 0 Å². The van der Waals surface area contributed by atoms with Crippen molar-refractivity contribution in [3.63, 3.8) is 0 Å². The zero-order valence-electron chi connectivity index (χ0n) is 8.05. The van der Waals surface area contributed by atoms with Crippen molar-refractivity contribution in [3.8, 4) is 0 Å². The Hall–Kier alpha value is -1.91. The third kappa shape index (κ3) is 1.68. The van der Waals surface area contributed by atoms with Gasteiger partial charge in [0, 0.05) is 11.6 Å². The monoisotopic (exact) mass is 208 g/mol. The van der Waals surface area contributed by atoms with E-state index in [1.54, 1.807) is 23.8 Å². The minimum absolute atomic E-state index is 0.375. The third-order valence-electron chi connectivity index (χ3n) is 2.17. The van der Waals surface area contributed by atoms with Gasteiger partial charge >= 0.3 is 0 Å². The van der Waals surface area contributed by atoms with Gasteiger partial charge in [-0.15, -0.1) is 0 Å². The van der Waals surface area contributed by atoms with Crippen molar-refractivity contribution in [1.82, 2.24) is 9.55 Å². The molecule has 0 aliphatic carbocycles. The summed E-state index contributed by atoms with van der Waals surface area (Å²) >= 11 is 0. The summed E-state index contributed by atoms with van der Waals surface area (Å²) in [6.07, 6.45) is 2.38. The molecule has 0 spiro atoms. The molecule has 1 unspecified atom stereocenters. The Morgan fingerprint density at radius 3 is 3.20 bits per heavy atom. The molecule has 0 aliphatic rings. The number of hydrogen-bond acceptors (Lipinski definition) is 3. The fourth-order valence-corrected chi connectivity index (χ4v) is 1.46. The van der Waals surface area contributed by atoms with E-state index in [1.807, 2.05) is 0 Å². The molecule has 0 bridgehead atoms. The van der Waals surface area contributed by atoms with Crippen molar-refractivity contribution in [3.05, 3.63) is 30.3 Å². The van der Waals surface area contributed by atoms with Crippen LogP contribution in [0.3, 0.4) is 0 Å². The molecule has 0 aromatic carbocycles. The van der Waals surface area contributed by atoms with E-state index in [0.29, 0.717) is 17.5 Å². The highest BCUT2D eigenvalue weighted by molar-refractivity contribution is 5.76. The number of carbonyl (C=O) groups is 1. The number of pyridine rings is 1. The topological polar surface area (TPSA) is 44.1 Å². The quantitative estimate of drug-likeness (QED) is 0.723. The molecular weight excluding hydrogens is 199 g/mol. The Labute approximate surface area is 85.3 Å². The van der Waals surface area contributed by atoms with Crippen LogP contribution in [0.2, 0.25) is 0 Å². The van der Waals surface area contributed by atoms with Crippen LogP contribution >= 0.6 is 0 Å². The molecule has 0 fully saturated rings. The second-order valence-electron chi connectivity index (χ2n) is 3.12. The summed E-state index contributed by atoms with van der Waals surface area (Å²) in [7, 11) is 0. The SMILES string of the molecule is CC(OC=O)n1ccc2cc(F)cnc21. The first kappa shape index (κ1) is 9.64. The molecule has 15 heavy (non-hydrogen) atoms. The lowest BCUT2D eigenvalue weighted by Gasteiger charge is -2.11. The number of aromatic nitrogens is 2. The zero-order chi connectivity index (χ0) is 10.8. The van der Waals surface area contributed by atoms with E-state index in [1.165, 1.54) is 6.07 Å². The fraction of sp³-hybridized carbons (Fsp3) is 0.200. The molecule has 0 saturated carbocycles. The zero-order valence-corrected chi connectivity index (χ0v) is 8.05. The van der Waals surface area contributed by atoms with Gasteiger partial charge in [-0.05, 0) is 19.1 Å². The highest BCUT2D eigenvalue weighted by atomic mass is 19.1. The largest absolute Gasteiger partial charge is 0.444 e. The first-order chi connectivity index (χ1) is 7.22. The number of fused-ring (bicyclic) bond motifs is 1. The average Bonchev–Trinajstić information content (AvgIpc) is 2.60. The lowest BCUT2D eigenvalue weighted by atomic mass is 10.3. The minimum Gasteiger partial charge on any atom is -0.444 e. The van der Waals surface area contributed by atoms with Crippen LogP contribution in [0.5, 0.6) is 0 Å². The van der Waals surface area contributed by atoms with Crippen LogP contribution in [0, 0.1) is 5.82 Å². The van der Waals surface area contributed by atoms with Crippen molar-refractivity contribution < 1.29 is 13.9 Å². The predicted octanol–water partition coefficient (Wildman–Crippen LogP) is 1.87. The summed E-state index contributed by atoms with van der Waals surface area (Å²) < 4.78 is 19.3. The van der Waals surface area contributed by atoms with Crippen molar-refractivity contribution >= 4 is 17.5 Å². The maximum Gasteiger partial charge on any atom is 0.295 e. The fourth-order valence-electron chi connectivity index (χ4n) is 1.46. The van der Waals surface area contributed by atoms with Gasteiger partial charge in [0.05, 0.1) is 6.20 Å². The summed E-state index contributed by atoms with van der Waals surface area (Å²) in [5, 5.41) is 0.677. The normalized spacial score (nSPS) is 12.7. The van der Waals surface area contributed by atoms with Crippen molar-refractivity contribution in [2.24, 2.45) is 0 Å². The minimum atomic E-state index is -0.446. The van der Waals surface area contributed by atoms with Gasteiger partial charge in [-0.25, -0.2) is 9.37 Å². The molecule has 2 rings (SSSR count). The van der Waals surface area contributed by atoms with Gasteiger partial charge in [0.2, 0.25) is 0 Å². The van der Waals surface area contributed by atoms with Crippen LogP contribution in [0.1, 0.15) is 13.2 Å². The van der Waals surface area contributed by atoms with Crippen LogP contribution in [0.15, 0.2) is 24.5 Å². The smallest absolute Gasteiger partial charge is 0.295 e. The summed E-state index contributed by atoms with van der Waals surface area (Å²) in [5.74, 6) is -0.385. The Morgan fingerprint density at radius 2 is 2.47 bits per heavy atom. The molecule has 0 saturated heterocycles. The van der Waals surface area contributed by atoms with E-state index in [2.05, 4.69) is 4.98 Å². The molecule has 0 radical (unpaired) electrons. The first-order valence-electron chi connectivity index (χ1n) is 4.43. The average molecular weight is 208 g/mol. The molecule has 2 aromatic heterocycles. The van der Waals surface area contributed by atoms with Crippen molar-refractivity contribution in [1.29, 1.82) is 0 Å². The number of ether oxygens (including phenoxy) is 1. The predicted molar refractivity (Wildman–Crippen MR) is 51.6 cm³/mol. The molecule has 2 heterocycles. The van der Waals surface area contributed by atoms with Gasteiger partial charge < -0.3 is 4.74 Å². The van der Waals surface area contributed by atoms with Crippen LogP contribution < -0.4 is 0 Å². The second kappa shape index (κ2) is 3.68. The van der Waals surface area contributed by atoms with Gasteiger partial charge in [0.15, 0.2) is 6.23 Å². The van der Waals surface area contributed by atoms with Gasteiger partial charge in [0.25, 0.3) is 6.47 Å². The van der Waals surface area contributed by atoms with Gasteiger partial charge in [0.1, 0.15) is 11.5 Å². The van der Waals surface area contributed by atoms with Crippen LogP contribution in [-0.2, 0) is 9.53 Å². The summed E-state index contributed by atoms with van der Waals surface area (Å²) in [6, 6.07) is 3.10. The summed E-state index contributed by atoms with van der Waals surface area (Å²) in [5.41, 5.74) is 0.589. The molecule has 78 valence electrons. The highest BCUT2D eigenvalue weighted by Gasteiger charge is 2.09. The number of nitrogens with zero attached hydrogens (tertiary/aromatic N) is 2. The van der Waals surface area contributed by atoms with Gasteiger partial charge in [-0.2, -0.15) is 0 Å². The molecule has 0 amide bonds. The van der Waals surface area contributed by atoms with E-state index in [0.717, 1.165) is 6.20 Å². The van der Waals surface area contributed by atoms with E-state index < -0.39 is 6.23 Å². The van der Waals surface area contributed by atoms with Crippen LogP contribution in [0.25, 0.3) is 11.0 Å². The van der Waals surface area contributed by atoms with E-state index in [9.17, 15) is 9.18 Å². The Balaban J connectivity index is 2.49. The molecule has 0 N–H and O–H groups in total. The second-order valence-corrected chi connectivity index (χ2v) is 3.12. The molecule has 4 nitrogen and oxygen atoms in total. The first-order valence-corrected chi connectivity index (χ1v) is 4.43. The van der Waals surface area contributed by atoms with E-state index >= 15 is 0 Å². The molecule has 2 aromatic rings. The Kier molecular flexibility index (Phi) is 2.37. The van der Waals surface area contributed by atoms with Crippen LogP contribution in [-0.4, -0.2) is 16.0 Å². The molecule has 0 aliphatic heterocycles. The standard InChI is InChI=1S/C10H9FN2O2/c1-7(15-6-14)13-3-2-8-4-9(11)5-12-10(8)13/h2-7H,1H3. The number of carbonyl (C=O) groups excluding carboxylic acids is 1. The maximum absolute atomic E-state index is 12.8. The van der Waals surface area contributed by atoms with E-state index in [-0.39, 0.29) is 5.82 Å². The van der Waals surface area contributed by atoms with Crippen molar-refractivity contribution in [2.45, 2.75) is 13.2 Å². The number of hydrogen-bond donors (Lipinski definition) is 0. The Bertz CT molecular complexity index is 495. The summed E-state index contributed by atoms with van der Waals surface area (Å²) in [6.45, 7) is 2.08. The number of rotatable bonds is 3. The summed E-state index contributed by atoms with van der Waals surface area (Å²) in [4.78, 5) is 14.1. The van der Waals surface area contributed by atoms with Crippen molar-refractivity contribution in [2.75, 3.05) is 0 Å². The van der Waals surface area contributed by atoms with E-state index in [4.69, 9.17) is 4.74 Å². The molecule has 1 atom stereocenters.